The molecule has 0 spiro atoms. The fraction of sp³-hybridized carbons (Fsp3) is 0.636. The van der Waals surface area contributed by atoms with Crippen LogP contribution in [0.5, 0.6) is 0 Å². The van der Waals surface area contributed by atoms with Gasteiger partial charge in [0.15, 0.2) is 0 Å². The first-order valence-electron chi connectivity index (χ1n) is 5.90. The molecule has 2 saturated heterocycles. The number of imidazole rings is 1. The molecule has 0 radical (unpaired) electrons. The van der Waals surface area contributed by atoms with Gasteiger partial charge >= 0.3 is 0 Å². The Morgan fingerprint density at radius 3 is 2.82 bits per heavy atom. The molecule has 3 heterocycles. The van der Waals surface area contributed by atoms with E-state index in [-0.39, 0.29) is 17.9 Å². The summed E-state index contributed by atoms with van der Waals surface area (Å²) in [5.74, 6) is 0.258. The topological polar surface area (TPSA) is 70.4 Å². The average Bonchev–Trinajstić information content (AvgIpc) is 2.82. The minimum Gasteiger partial charge on any atom is -0.389 e. The van der Waals surface area contributed by atoms with Crippen molar-refractivity contribution in [2.75, 3.05) is 26.2 Å². The van der Waals surface area contributed by atoms with Crippen LogP contribution in [0.15, 0.2) is 18.7 Å². The highest BCUT2D eigenvalue weighted by Crippen LogP contribution is 2.24. The van der Waals surface area contributed by atoms with Gasteiger partial charge in [0, 0.05) is 38.6 Å². The Labute approximate surface area is 99.2 Å². The van der Waals surface area contributed by atoms with Crippen LogP contribution in [0.1, 0.15) is 6.04 Å². The lowest BCUT2D eigenvalue weighted by Crippen LogP contribution is -2.51. The second-order valence-corrected chi connectivity index (χ2v) is 4.74. The van der Waals surface area contributed by atoms with E-state index < -0.39 is 6.10 Å². The lowest BCUT2D eigenvalue weighted by atomic mass is 10.0. The molecule has 6 heteroatoms. The standard InChI is InChI=1S/C11H16N4O2/c16-10-6-15(11(17)8-3-13-4-8)5-9(10)14-2-1-12-7-14/h1-2,7-10,13,16H,3-6H2/t9-,10-/m1/s1. The van der Waals surface area contributed by atoms with Gasteiger partial charge in [0.05, 0.1) is 24.4 Å². The largest absolute Gasteiger partial charge is 0.389 e. The van der Waals surface area contributed by atoms with Gasteiger partial charge in [-0.1, -0.05) is 0 Å². The molecule has 2 N–H and O–H groups in total. The SMILES string of the molecule is O=C(C1CNC1)N1C[C@@H](O)[C@H](n2ccnc2)C1. The van der Waals surface area contributed by atoms with E-state index >= 15 is 0 Å². The van der Waals surface area contributed by atoms with Crippen LogP contribution >= 0.6 is 0 Å². The molecule has 3 rings (SSSR count). The normalized spacial score (nSPS) is 29.4. The molecule has 0 bridgehead atoms. The van der Waals surface area contributed by atoms with Crippen LogP contribution in [0, 0.1) is 5.92 Å². The van der Waals surface area contributed by atoms with Gasteiger partial charge in [0.25, 0.3) is 0 Å². The number of carbonyl (C=O) groups is 1. The van der Waals surface area contributed by atoms with Crippen molar-refractivity contribution in [3.8, 4) is 0 Å². The molecule has 1 amide bonds. The van der Waals surface area contributed by atoms with Gasteiger partial charge in [-0.3, -0.25) is 4.79 Å². The predicted molar refractivity (Wildman–Crippen MR) is 60.2 cm³/mol. The Balaban J connectivity index is 1.68. The highest BCUT2D eigenvalue weighted by molar-refractivity contribution is 5.80. The number of carbonyl (C=O) groups excluding carboxylic acids is 1. The van der Waals surface area contributed by atoms with Gasteiger partial charge in [-0.15, -0.1) is 0 Å². The minimum absolute atomic E-state index is 0.0607. The molecular formula is C11H16N4O2. The first-order chi connectivity index (χ1) is 8.25. The summed E-state index contributed by atoms with van der Waals surface area (Å²) in [5, 5.41) is 13.1. The number of nitrogens with zero attached hydrogens (tertiary/aromatic N) is 3. The number of β-amino-alcohol motifs (C(OH)–C–C–N with tert-alkyl or cyclic N) is 1. The summed E-state index contributed by atoms with van der Waals surface area (Å²) >= 11 is 0. The van der Waals surface area contributed by atoms with Crippen LogP contribution in [0.3, 0.4) is 0 Å². The third-order valence-electron chi connectivity index (χ3n) is 3.61. The lowest BCUT2D eigenvalue weighted by molar-refractivity contribution is -0.136. The summed E-state index contributed by atoms with van der Waals surface area (Å²) in [5.41, 5.74) is 0. The number of likely N-dealkylation sites (tertiary alicyclic amines) is 1. The number of hydrogen-bond donors (Lipinski definition) is 2. The average molecular weight is 236 g/mol. The third kappa shape index (κ3) is 1.83. The van der Waals surface area contributed by atoms with Gasteiger partial charge in [-0.05, 0) is 0 Å². The Bertz CT molecular complexity index is 402. The van der Waals surface area contributed by atoms with Gasteiger partial charge < -0.3 is 19.9 Å². The summed E-state index contributed by atoms with van der Waals surface area (Å²) < 4.78 is 1.87. The van der Waals surface area contributed by atoms with Crippen molar-refractivity contribution in [1.29, 1.82) is 0 Å². The Morgan fingerprint density at radius 2 is 2.24 bits per heavy atom. The molecule has 2 aliphatic heterocycles. The summed E-state index contributed by atoms with van der Waals surface area (Å²) in [4.78, 5) is 17.8. The minimum atomic E-state index is -0.499. The van der Waals surface area contributed by atoms with Gasteiger partial charge in [-0.2, -0.15) is 0 Å². The number of hydrogen-bond acceptors (Lipinski definition) is 4. The fourth-order valence-electron chi connectivity index (χ4n) is 2.43. The second-order valence-electron chi connectivity index (χ2n) is 4.74. The summed E-state index contributed by atoms with van der Waals surface area (Å²) in [6.45, 7) is 2.54. The highest BCUT2D eigenvalue weighted by atomic mass is 16.3. The van der Waals surface area contributed by atoms with Crippen LogP contribution in [0.2, 0.25) is 0 Å². The molecule has 17 heavy (non-hydrogen) atoms. The maximum absolute atomic E-state index is 12.0. The van der Waals surface area contributed by atoms with E-state index in [4.69, 9.17) is 0 Å². The van der Waals surface area contributed by atoms with Gasteiger partial charge in [0.2, 0.25) is 5.91 Å². The number of aliphatic hydroxyl groups excluding tert-OH is 1. The molecule has 2 atom stereocenters. The molecule has 0 aliphatic carbocycles. The summed E-state index contributed by atoms with van der Waals surface area (Å²) in [6, 6.07) is -0.0607. The van der Waals surface area contributed by atoms with Crippen molar-refractivity contribution in [3.05, 3.63) is 18.7 Å². The van der Waals surface area contributed by atoms with Crippen molar-refractivity contribution in [2.24, 2.45) is 5.92 Å². The fourth-order valence-corrected chi connectivity index (χ4v) is 2.43. The maximum Gasteiger partial charge on any atom is 0.228 e. The zero-order chi connectivity index (χ0) is 11.8. The number of aliphatic hydroxyl groups is 1. The molecular weight excluding hydrogens is 220 g/mol. The smallest absolute Gasteiger partial charge is 0.228 e. The van der Waals surface area contributed by atoms with Crippen LogP contribution in [-0.2, 0) is 4.79 Å². The highest BCUT2D eigenvalue weighted by Gasteiger charge is 2.38. The van der Waals surface area contributed by atoms with E-state index in [1.807, 2.05) is 10.8 Å². The van der Waals surface area contributed by atoms with Crippen molar-refractivity contribution in [1.82, 2.24) is 19.8 Å². The molecule has 0 saturated carbocycles. The Hall–Kier alpha value is -1.40. The van der Waals surface area contributed by atoms with Crippen molar-refractivity contribution in [3.63, 3.8) is 0 Å². The number of rotatable bonds is 2. The molecule has 1 aromatic heterocycles. The van der Waals surface area contributed by atoms with E-state index in [9.17, 15) is 9.90 Å². The molecule has 2 aliphatic rings. The van der Waals surface area contributed by atoms with E-state index in [2.05, 4.69) is 10.3 Å². The van der Waals surface area contributed by atoms with Gasteiger partial charge in [-0.25, -0.2) is 4.98 Å². The number of amides is 1. The van der Waals surface area contributed by atoms with Gasteiger partial charge in [0.1, 0.15) is 0 Å². The zero-order valence-electron chi connectivity index (χ0n) is 9.49. The summed E-state index contributed by atoms with van der Waals surface area (Å²) in [7, 11) is 0. The third-order valence-corrected chi connectivity index (χ3v) is 3.61. The van der Waals surface area contributed by atoms with Crippen molar-refractivity contribution >= 4 is 5.91 Å². The zero-order valence-corrected chi connectivity index (χ0v) is 9.49. The monoisotopic (exact) mass is 236 g/mol. The molecule has 0 aromatic carbocycles. The first-order valence-corrected chi connectivity index (χ1v) is 5.90. The van der Waals surface area contributed by atoms with Crippen LogP contribution in [0.4, 0.5) is 0 Å². The van der Waals surface area contributed by atoms with E-state index in [1.54, 1.807) is 17.4 Å². The molecule has 1 aromatic rings. The van der Waals surface area contributed by atoms with E-state index in [1.165, 1.54) is 0 Å². The molecule has 6 nitrogen and oxygen atoms in total. The Kier molecular flexibility index (Phi) is 2.60. The molecule has 2 fully saturated rings. The summed E-state index contributed by atoms with van der Waals surface area (Å²) in [6.07, 6.45) is 4.70. The maximum atomic E-state index is 12.0. The number of nitrogens with one attached hydrogen (secondary N) is 1. The van der Waals surface area contributed by atoms with E-state index in [0.717, 1.165) is 13.1 Å². The Morgan fingerprint density at radius 1 is 1.41 bits per heavy atom. The number of aromatic nitrogens is 2. The van der Waals surface area contributed by atoms with Crippen LogP contribution in [0.25, 0.3) is 0 Å². The second kappa shape index (κ2) is 4.12. The molecule has 0 unspecified atom stereocenters. The van der Waals surface area contributed by atoms with E-state index in [0.29, 0.717) is 13.1 Å². The van der Waals surface area contributed by atoms with Crippen molar-refractivity contribution in [2.45, 2.75) is 12.1 Å². The predicted octanol–water partition coefficient (Wildman–Crippen LogP) is -1.15. The first kappa shape index (κ1) is 10.7. The van der Waals surface area contributed by atoms with Crippen molar-refractivity contribution < 1.29 is 9.90 Å². The van der Waals surface area contributed by atoms with Crippen LogP contribution in [-0.4, -0.2) is 57.7 Å². The lowest BCUT2D eigenvalue weighted by Gasteiger charge is -2.30. The molecule has 92 valence electrons. The quantitative estimate of drug-likeness (QED) is 0.680. The van der Waals surface area contributed by atoms with Crippen LogP contribution < -0.4 is 5.32 Å².